The molecule has 4 aromatic rings. The molecule has 0 aliphatic heterocycles. The Labute approximate surface area is 293 Å². The van der Waals surface area contributed by atoms with Crippen LogP contribution in [0.4, 0.5) is 31.4 Å². The molecule has 0 aliphatic rings. The van der Waals surface area contributed by atoms with E-state index in [1.807, 2.05) is 6.07 Å². The molecule has 0 radical (unpaired) electrons. The van der Waals surface area contributed by atoms with Crippen molar-refractivity contribution in [2.75, 3.05) is 53.4 Å². The molecule has 17 heteroatoms. The Bertz CT molecular complexity index is 2080. The highest BCUT2D eigenvalue weighted by Crippen LogP contribution is 2.23. The normalized spacial score (nSPS) is 11.2. The van der Waals surface area contributed by atoms with Gasteiger partial charge in [-0.2, -0.15) is 9.57 Å². The van der Waals surface area contributed by atoms with Crippen molar-refractivity contribution in [3.63, 3.8) is 0 Å². The highest BCUT2D eigenvalue weighted by atomic mass is 35.5. The van der Waals surface area contributed by atoms with E-state index in [9.17, 15) is 32.4 Å². The molecule has 0 unspecified atom stereocenters. The highest BCUT2D eigenvalue weighted by molar-refractivity contribution is 7.93. The lowest BCUT2D eigenvalue weighted by Gasteiger charge is -2.20. The summed E-state index contributed by atoms with van der Waals surface area (Å²) < 4.78 is 30.0. The molecule has 0 N–H and O–H groups in total. The van der Waals surface area contributed by atoms with Crippen molar-refractivity contribution in [1.82, 2.24) is 18.6 Å². The van der Waals surface area contributed by atoms with Crippen molar-refractivity contribution in [2.24, 2.45) is 0 Å². The molecule has 1 aromatic carbocycles. The predicted octanol–water partition coefficient (Wildman–Crippen LogP) is 4.30. The molecule has 3 aromatic heterocycles. The van der Waals surface area contributed by atoms with Gasteiger partial charge in [-0.25, -0.2) is 22.8 Å². The van der Waals surface area contributed by atoms with Gasteiger partial charge in [-0.15, -0.1) is 11.6 Å². The number of benzene rings is 1. The minimum atomic E-state index is -4.41. The number of alkyl halides is 1. The second-order valence-electron chi connectivity index (χ2n) is 10.8. The Morgan fingerprint density at radius 3 is 1.80 bits per heavy atom. The number of nitrogens with zero attached hydrogens (tertiary/aromatic N) is 8. The minimum Gasteiger partial charge on any atom is -0.326 e. The molecule has 0 fully saturated rings. The van der Waals surface area contributed by atoms with Crippen LogP contribution in [-0.4, -0.2) is 96.1 Å². The molecule has 15 nitrogen and oxygen atoms in total. The highest BCUT2D eigenvalue weighted by Gasteiger charge is 2.33. The van der Waals surface area contributed by atoms with Crippen LogP contribution in [0.25, 0.3) is 6.08 Å². The molecular formula is C33H33ClN8O7S. The summed E-state index contributed by atoms with van der Waals surface area (Å²) in [5, 5.41) is 8.77. The van der Waals surface area contributed by atoms with Gasteiger partial charge in [-0.05, 0) is 29.8 Å². The molecule has 0 saturated carbocycles. The lowest BCUT2D eigenvalue weighted by atomic mass is 10.2. The van der Waals surface area contributed by atoms with E-state index in [1.165, 1.54) is 87.1 Å². The molecule has 4 rings (SSSR count). The lowest BCUT2D eigenvalue weighted by molar-refractivity contribution is -0.132. The fourth-order valence-corrected chi connectivity index (χ4v) is 6.34. The standard InChI is InChI=1S/C33H33ClN8O7S/c1-36(17-7-16-35)31(45)39-18-12-26(22-39)37(2)32(46)40-19-13-27(23-40)38(3)33(47)41-20-14-28(24-41)42(50(48,49)21-15-34)30(44)29(43)11-10-25-8-5-4-6-9-25/h4-6,8-14,18-20,22-24H,7,15,17,21H2,1-3H3/b11-10+. The minimum absolute atomic E-state index is 0.177. The van der Waals surface area contributed by atoms with Gasteiger partial charge in [0.1, 0.15) is 0 Å². The zero-order chi connectivity index (χ0) is 36.6. The second-order valence-corrected chi connectivity index (χ2v) is 13.1. The van der Waals surface area contributed by atoms with Crippen LogP contribution in [0.1, 0.15) is 12.0 Å². The number of rotatable bonds is 11. The Morgan fingerprint density at radius 1 is 0.780 bits per heavy atom. The maximum Gasteiger partial charge on any atom is 0.332 e. The summed E-state index contributed by atoms with van der Waals surface area (Å²) in [6.07, 6.45) is 10.6. The average Bonchev–Trinajstić information content (AvgIpc) is 3.90. The van der Waals surface area contributed by atoms with Crippen LogP contribution in [0.15, 0.2) is 91.8 Å². The molecule has 50 heavy (non-hydrogen) atoms. The number of carbonyl (C=O) groups is 5. The summed E-state index contributed by atoms with van der Waals surface area (Å²) in [5.41, 5.74) is 1.07. The largest absolute Gasteiger partial charge is 0.332 e. The van der Waals surface area contributed by atoms with E-state index in [2.05, 4.69) is 0 Å². The predicted molar refractivity (Wildman–Crippen MR) is 188 cm³/mol. The molecule has 0 saturated heterocycles. The second kappa shape index (κ2) is 16.0. The Kier molecular flexibility index (Phi) is 11.8. The van der Waals surface area contributed by atoms with Crippen LogP contribution >= 0.6 is 11.6 Å². The zero-order valence-electron chi connectivity index (χ0n) is 27.3. The van der Waals surface area contributed by atoms with Crippen LogP contribution in [-0.2, 0) is 19.6 Å². The first-order valence-corrected chi connectivity index (χ1v) is 17.1. The van der Waals surface area contributed by atoms with Gasteiger partial charge >= 0.3 is 24.0 Å². The SMILES string of the molecule is CN(CCC#N)C(=O)n1ccc(N(C)C(=O)n2ccc(N(C)C(=O)n3ccc(N(C(=O)C(=O)/C=C/c4ccccc4)S(=O)(=O)CCCl)c3)c2)c1. The fraction of sp³-hybridized carbons (Fsp3) is 0.212. The maximum atomic E-state index is 13.4. The van der Waals surface area contributed by atoms with Gasteiger partial charge in [0.05, 0.1) is 35.3 Å². The quantitative estimate of drug-likeness (QED) is 0.125. The van der Waals surface area contributed by atoms with Gasteiger partial charge in [0.25, 0.3) is 0 Å². The first kappa shape index (κ1) is 36.9. The lowest BCUT2D eigenvalue weighted by Crippen LogP contribution is -2.42. The summed E-state index contributed by atoms with van der Waals surface area (Å²) >= 11 is 5.69. The van der Waals surface area contributed by atoms with Crippen LogP contribution in [0, 0.1) is 11.3 Å². The molecular weight excluding hydrogens is 688 g/mol. The van der Waals surface area contributed by atoms with E-state index in [0.717, 1.165) is 16.8 Å². The van der Waals surface area contributed by atoms with Gasteiger partial charge in [0, 0.05) is 70.7 Å². The van der Waals surface area contributed by atoms with Crippen LogP contribution in [0.2, 0.25) is 0 Å². The summed E-state index contributed by atoms with van der Waals surface area (Å²) in [6, 6.07) is 13.3. The summed E-state index contributed by atoms with van der Waals surface area (Å²) in [7, 11) is 0.0915. The number of carbonyl (C=O) groups excluding carboxylic acids is 5. The Hall–Kier alpha value is -5.92. The third-order valence-electron chi connectivity index (χ3n) is 7.40. The number of sulfonamides is 1. The maximum absolute atomic E-state index is 13.4. The van der Waals surface area contributed by atoms with Crippen molar-refractivity contribution >= 4 is 74.5 Å². The van der Waals surface area contributed by atoms with E-state index in [4.69, 9.17) is 16.9 Å². The molecule has 0 spiro atoms. The van der Waals surface area contributed by atoms with E-state index < -0.39 is 39.5 Å². The number of anilines is 3. The Morgan fingerprint density at radius 2 is 1.28 bits per heavy atom. The topological polar surface area (TPSA) is 171 Å². The third kappa shape index (κ3) is 8.38. The number of nitriles is 1. The zero-order valence-corrected chi connectivity index (χ0v) is 28.9. The summed E-state index contributed by atoms with van der Waals surface area (Å²) in [5.74, 6) is -3.46. The molecule has 4 amide bonds. The van der Waals surface area contributed by atoms with E-state index in [0.29, 0.717) is 21.2 Å². The number of amides is 4. The van der Waals surface area contributed by atoms with Crippen LogP contribution in [0.5, 0.6) is 0 Å². The van der Waals surface area contributed by atoms with Gasteiger partial charge in [-0.1, -0.05) is 36.4 Å². The van der Waals surface area contributed by atoms with Crippen molar-refractivity contribution in [2.45, 2.75) is 6.42 Å². The van der Waals surface area contributed by atoms with E-state index in [1.54, 1.807) is 43.4 Å². The third-order valence-corrected chi connectivity index (χ3v) is 9.46. The van der Waals surface area contributed by atoms with E-state index in [-0.39, 0.29) is 30.6 Å². The monoisotopic (exact) mass is 720 g/mol. The van der Waals surface area contributed by atoms with Gasteiger partial charge in [0.15, 0.2) is 0 Å². The van der Waals surface area contributed by atoms with Gasteiger partial charge in [0.2, 0.25) is 15.8 Å². The van der Waals surface area contributed by atoms with E-state index >= 15 is 0 Å². The van der Waals surface area contributed by atoms with Crippen LogP contribution < -0.4 is 14.1 Å². The number of hydrogen-bond acceptors (Lipinski definition) is 8. The molecule has 3 heterocycles. The van der Waals surface area contributed by atoms with Crippen molar-refractivity contribution < 1.29 is 32.4 Å². The first-order chi connectivity index (χ1) is 23.8. The first-order valence-electron chi connectivity index (χ1n) is 14.9. The average molecular weight is 721 g/mol. The molecule has 0 atom stereocenters. The van der Waals surface area contributed by atoms with Crippen molar-refractivity contribution in [3.8, 4) is 6.07 Å². The Balaban J connectivity index is 1.49. The fourth-order valence-electron chi connectivity index (χ4n) is 4.61. The molecule has 260 valence electrons. The molecule has 0 aliphatic carbocycles. The van der Waals surface area contributed by atoms with Crippen molar-refractivity contribution in [1.29, 1.82) is 5.26 Å². The van der Waals surface area contributed by atoms with Gasteiger partial charge < -0.3 is 4.90 Å². The van der Waals surface area contributed by atoms with Crippen LogP contribution in [0.3, 0.4) is 0 Å². The number of ketones is 1. The van der Waals surface area contributed by atoms with Gasteiger partial charge in [-0.3, -0.25) is 33.1 Å². The molecule has 0 bridgehead atoms. The van der Waals surface area contributed by atoms with Crippen molar-refractivity contribution in [3.05, 3.63) is 97.4 Å². The number of halogens is 1. The smallest absolute Gasteiger partial charge is 0.326 e. The number of hydrogen-bond donors (Lipinski definition) is 0. The number of aromatic nitrogens is 3. The summed E-state index contributed by atoms with van der Waals surface area (Å²) in [6.45, 7) is 0.246. The summed E-state index contributed by atoms with van der Waals surface area (Å²) in [4.78, 5) is 69.1.